The molecule has 0 saturated heterocycles. The molecule has 0 saturated carbocycles. The summed E-state index contributed by atoms with van der Waals surface area (Å²) in [6, 6.07) is 12.6. The maximum Gasteiger partial charge on any atom is 0.160 e. The Labute approximate surface area is 111 Å². The summed E-state index contributed by atoms with van der Waals surface area (Å²) in [5.74, 6) is 0. The van der Waals surface area contributed by atoms with Crippen LogP contribution in [0.2, 0.25) is 0 Å². The van der Waals surface area contributed by atoms with Crippen molar-refractivity contribution in [1.29, 1.82) is 0 Å². The fourth-order valence-electron chi connectivity index (χ4n) is 2.45. The zero-order valence-corrected chi connectivity index (χ0v) is 11.0. The Morgan fingerprint density at radius 2 is 2.11 bits per heavy atom. The molecule has 0 N–H and O–H groups in total. The molecule has 0 unspecified atom stereocenters. The van der Waals surface area contributed by atoms with E-state index in [1.54, 1.807) is 11.3 Å². The van der Waals surface area contributed by atoms with Crippen LogP contribution < -0.4 is 0 Å². The van der Waals surface area contributed by atoms with Crippen LogP contribution in [0.15, 0.2) is 36.4 Å². The number of nitrogens with zero attached hydrogens (tertiary/aromatic N) is 1. The van der Waals surface area contributed by atoms with Crippen LogP contribution in [0.5, 0.6) is 0 Å². The molecule has 2 nitrogen and oxygen atoms in total. The van der Waals surface area contributed by atoms with Crippen molar-refractivity contribution in [3.63, 3.8) is 0 Å². The van der Waals surface area contributed by atoms with Crippen molar-refractivity contribution in [1.82, 2.24) is 4.90 Å². The number of aldehydes is 1. The smallest absolute Gasteiger partial charge is 0.160 e. The first kappa shape index (κ1) is 11.6. The second kappa shape index (κ2) is 5.04. The SMILES string of the molecule is O=Cc1cc2c(s1)CCN(Cc1ccccc1)C2. The third-order valence-electron chi connectivity index (χ3n) is 3.33. The molecule has 3 heteroatoms. The Morgan fingerprint density at radius 3 is 2.89 bits per heavy atom. The standard InChI is InChI=1S/C15H15NOS/c17-11-14-8-13-10-16(7-6-15(13)18-14)9-12-4-2-1-3-5-12/h1-5,8,11H,6-7,9-10H2. The zero-order chi connectivity index (χ0) is 12.4. The number of hydrogen-bond donors (Lipinski definition) is 0. The van der Waals surface area contributed by atoms with Gasteiger partial charge in [0, 0.05) is 24.5 Å². The number of carbonyl (C=O) groups is 1. The fraction of sp³-hybridized carbons (Fsp3) is 0.267. The molecule has 18 heavy (non-hydrogen) atoms. The average molecular weight is 257 g/mol. The van der Waals surface area contributed by atoms with Crippen molar-refractivity contribution < 1.29 is 4.79 Å². The number of rotatable bonds is 3. The van der Waals surface area contributed by atoms with Gasteiger partial charge in [0.05, 0.1) is 4.88 Å². The third-order valence-corrected chi connectivity index (χ3v) is 4.49. The van der Waals surface area contributed by atoms with Gasteiger partial charge in [0.15, 0.2) is 6.29 Å². The van der Waals surface area contributed by atoms with E-state index in [2.05, 4.69) is 29.2 Å². The van der Waals surface area contributed by atoms with Gasteiger partial charge in [-0.1, -0.05) is 30.3 Å². The van der Waals surface area contributed by atoms with E-state index in [4.69, 9.17) is 0 Å². The summed E-state index contributed by atoms with van der Waals surface area (Å²) in [5, 5.41) is 0. The van der Waals surface area contributed by atoms with Crippen LogP contribution in [0.25, 0.3) is 0 Å². The van der Waals surface area contributed by atoms with E-state index in [0.29, 0.717) is 0 Å². The summed E-state index contributed by atoms with van der Waals surface area (Å²) in [6.45, 7) is 3.04. The summed E-state index contributed by atoms with van der Waals surface area (Å²) in [4.78, 5) is 15.5. The highest BCUT2D eigenvalue weighted by molar-refractivity contribution is 7.13. The third kappa shape index (κ3) is 2.37. The quantitative estimate of drug-likeness (QED) is 0.787. The van der Waals surface area contributed by atoms with E-state index in [9.17, 15) is 4.79 Å². The number of carbonyl (C=O) groups excluding carboxylic acids is 1. The Hall–Kier alpha value is -1.45. The Morgan fingerprint density at radius 1 is 1.28 bits per heavy atom. The topological polar surface area (TPSA) is 20.3 Å². The minimum Gasteiger partial charge on any atom is -0.297 e. The van der Waals surface area contributed by atoms with E-state index in [0.717, 1.165) is 37.2 Å². The minimum absolute atomic E-state index is 0.863. The van der Waals surface area contributed by atoms with E-state index >= 15 is 0 Å². The largest absolute Gasteiger partial charge is 0.297 e. The summed E-state index contributed by atoms with van der Waals surface area (Å²) >= 11 is 1.65. The Balaban J connectivity index is 1.73. The molecule has 0 amide bonds. The van der Waals surface area contributed by atoms with Crippen LogP contribution in [-0.4, -0.2) is 17.7 Å². The predicted molar refractivity (Wildman–Crippen MR) is 74.0 cm³/mol. The minimum atomic E-state index is 0.863. The lowest BCUT2D eigenvalue weighted by atomic mass is 10.1. The molecule has 92 valence electrons. The van der Waals surface area contributed by atoms with Crippen LogP contribution >= 0.6 is 11.3 Å². The van der Waals surface area contributed by atoms with Crippen LogP contribution in [0.3, 0.4) is 0 Å². The molecule has 3 rings (SSSR count). The van der Waals surface area contributed by atoms with Crippen molar-refractivity contribution in [3.8, 4) is 0 Å². The second-order valence-electron chi connectivity index (χ2n) is 4.66. The van der Waals surface area contributed by atoms with Gasteiger partial charge in [-0.15, -0.1) is 11.3 Å². The van der Waals surface area contributed by atoms with Gasteiger partial charge in [-0.3, -0.25) is 9.69 Å². The molecule has 2 heterocycles. The summed E-state index contributed by atoms with van der Waals surface area (Å²) in [6.07, 6.45) is 2.03. The molecule has 0 radical (unpaired) electrons. The first-order valence-electron chi connectivity index (χ1n) is 6.18. The highest BCUT2D eigenvalue weighted by atomic mass is 32.1. The lowest BCUT2D eigenvalue weighted by molar-refractivity contribution is 0.112. The van der Waals surface area contributed by atoms with Gasteiger partial charge in [0.25, 0.3) is 0 Å². The van der Waals surface area contributed by atoms with Crippen molar-refractivity contribution in [2.75, 3.05) is 6.54 Å². The molecule has 0 fully saturated rings. The molecule has 1 aromatic heterocycles. The molecular weight excluding hydrogens is 242 g/mol. The molecular formula is C15H15NOS. The van der Waals surface area contributed by atoms with Gasteiger partial charge >= 0.3 is 0 Å². The molecule has 2 aromatic rings. The second-order valence-corrected chi connectivity index (χ2v) is 5.83. The number of thiophene rings is 1. The molecule has 0 spiro atoms. The first-order valence-corrected chi connectivity index (χ1v) is 7.00. The lowest BCUT2D eigenvalue weighted by Gasteiger charge is -2.26. The maximum atomic E-state index is 10.8. The van der Waals surface area contributed by atoms with E-state index < -0.39 is 0 Å². The fourth-order valence-corrected chi connectivity index (χ4v) is 3.43. The van der Waals surface area contributed by atoms with Crippen molar-refractivity contribution in [2.24, 2.45) is 0 Å². The number of hydrogen-bond acceptors (Lipinski definition) is 3. The zero-order valence-electron chi connectivity index (χ0n) is 10.1. The predicted octanol–water partition coefficient (Wildman–Crippen LogP) is 3.12. The monoisotopic (exact) mass is 257 g/mol. The molecule has 0 bridgehead atoms. The number of benzene rings is 1. The van der Waals surface area contributed by atoms with E-state index in [-0.39, 0.29) is 0 Å². The van der Waals surface area contributed by atoms with Gasteiger partial charge < -0.3 is 0 Å². The highest BCUT2D eigenvalue weighted by Gasteiger charge is 2.18. The van der Waals surface area contributed by atoms with Gasteiger partial charge in [0.1, 0.15) is 0 Å². The van der Waals surface area contributed by atoms with Crippen molar-refractivity contribution in [2.45, 2.75) is 19.5 Å². The molecule has 0 aliphatic carbocycles. The van der Waals surface area contributed by atoms with Crippen LogP contribution in [0.1, 0.15) is 25.7 Å². The summed E-state index contributed by atoms with van der Waals surface area (Å²) < 4.78 is 0. The lowest BCUT2D eigenvalue weighted by Crippen LogP contribution is -2.29. The number of fused-ring (bicyclic) bond motifs is 1. The highest BCUT2D eigenvalue weighted by Crippen LogP contribution is 2.27. The van der Waals surface area contributed by atoms with Crippen LogP contribution in [0, 0.1) is 0 Å². The Bertz CT molecular complexity index is 547. The average Bonchev–Trinajstić information content (AvgIpc) is 2.82. The van der Waals surface area contributed by atoms with Gasteiger partial charge in [0.2, 0.25) is 0 Å². The van der Waals surface area contributed by atoms with Crippen molar-refractivity contribution in [3.05, 3.63) is 57.3 Å². The molecule has 1 aliphatic rings. The molecule has 1 aliphatic heterocycles. The molecule has 1 aromatic carbocycles. The van der Waals surface area contributed by atoms with Gasteiger partial charge in [-0.05, 0) is 23.6 Å². The normalized spacial score (nSPS) is 15.3. The summed E-state index contributed by atoms with van der Waals surface area (Å²) in [5.41, 5.74) is 2.69. The Kier molecular flexibility index (Phi) is 3.26. The van der Waals surface area contributed by atoms with E-state index in [1.165, 1.54) is 16.0 Å². The molecule has 0 atom stereocenters. The summed E-state index contributed by atoms with van der Waals surface area (Å²) in [7, 11) is 0. The van der Waals surface area contributed by atoms with Crippen LogP contribution in [0.4, 0.5) is 0 Å². The maximum absolute atomic E-state index is 10.8. The van der Waals surface area contributed by atoms with Gasteiger partial charge in [-0.25, -0.2) is 0 Å². The van der Waals surface area contributed by atoms with Gasteiger partial charge in [-0.2, -0.15) is 0 Å². The van der Waals surface area contributed by atoms with Crippen LogP contribution in [-0.2, 0) is 19.5 Å². The van der Waals surface area contributed by atoms with Crippen molar-refractivity contribution >= 4 is 17.6 Å². The van der Waals surface area contributed by atoms with E-state index in [1.807, 2.05) is 12.1 Å². The first-order chi connectivity index (χ1) is 8.85.